The van der Waals surface area contributed by atoms with E-state index >= 15 is 0 Å². The second-order valence-corrected chi connectivity index (χ2v) is 8.97. The fraction of sp³-hybridized carbons (Fsp3) is 0.833. The van der Waals surface area contributed by atoms with E-state index in [9.17, 15) is 19.8 Å². The van der Waals surface area contributed by atoms with Crippen LogP contribution in [-0.2, 0) is 14.4 Å². The molecule has 5 N–H and O–H groups in total. The summed E-state index contributed by atoms with van der Waals surface area (Å²) in [6, 6.07) is 0. The molecule has 1 amide bonds. The zero-order valence-corrected chi connectivity index (χ0v) is 20.0. The molecule has 0 aromatic rings. The van der Waals surface area contributed by atoms with Crippen LogP contribution in [0.25, 0.3) is 0 Å². The number of aliphatic hydroxyl groups is 2. The lowest BCUT2D eigenvalue weighted by Gasteiger charge is -2.22. The van der Waals surface area contributed by atoms with Gasteiger partial charge in [0.05, 0.1) is 24.2 Å². The Kier molecular flexibility index (Phi) is 16.2. The Morgan fingerprint density at radius 1 is 0.970 bits per heavy atom. The molecular formula is C24H44N2O7. The zero-order chi connectivity index (χ0) is 24.5. The zero-order valence-electron chi connectivity index (χ0n) is 20.0. The molecule has 1 saturated carbocycles. The van der Waals surface area contributed by atoms with Gasteiger partial charge in [-0.25, -0.2) is 4.84 Å². The van der Waals surface area contributed by atoms with Crippen LogP contribution in [0.4, 0.5) is 0 Å². The molecule has 33 heavy (non-hydrogen) atoms. The van der Waals surface area contributed by atoms with Crippen molar-refractivity contribution in [3.63, 3.8) is 0 Å². The van der Waals surface area contributed by atoms with Gasteiger partial charge in [0.2, 0.25) is 5.91 Å². The molecule has 1 fully saturated rings. The molecule has 0 radical (unpaired) electrons. The maximum absolute atomic E-state index is 12.2. The maximum atomic E-state index is 12.2. The smallest absolute Gasteiger partial charge is 0.220 e. The van der Waals surface area contributed by atoms with Crippen molar-refractivity contribution < 1.29 is 35.1 Å². The molecule has 1 rings (SSSR count). The molecule has 0 aromatic heterocycles. The van der Waals surface area contributed by atoms with Gasteiger partial charge in [-0.3, -0.25) is 20.0 Å². The van der Waals surface area contributed by atoms with E-state index in [-0.39, 0.29) is 36.7 Å². The van der Waals surface area contributed by atoms with Crippen molar-refractivity contribution in [2.45, 2.75) is 103 Å². The number of carbonyl (C=O) groups excluding carboxylic acids is 2. The Morgan fingerprint density at radius 3 is 2.42 bits per heavy atom. The topological polar surface area (TPSA) is 140 Å². The van der Waals surface area contributed by atoms with Crippen LogP contribution in [0.3, 0.4) is 0 Å². The Labute approximate surface area is 197 Å². The Balaban J connectivity index is 2.24. The van der Waals surface area contributed by atoms with E-state index in [1.54, 1.807) is 0 Å². The van der Waals surface area contributed by atoms with Crippen LogP contribution in [0, 0.1) is 11.8 Å². The highest BCUT2D eigenvalue weighted by atomic mass is 17.1. The molecule has 0 heterocycles. The number of unbranched alkanes of at least 4 members (excludes halogenated alkanes) is 5. The highest BCUT2D eigenvalue weighted by molar-refractivity contribution is 5.78. The molecule has 4 atom stereocenters. The van der Waals surface area contributed by atoms with Gasteiger partial charge < -0.3 is 15.5 Å². The lowest BCUT2D eigenvalue weighted by atomic mass is 9.86. The van der Waals surface area contributed by atoms with E-state index in [2.05, 4.69) is 17.1 Å². The summed E-state index contributed by atoms with van der Waals surface area (Å²) >= 11 is 0. The number of aliphatic hydroxyl groups excluding tert-OH is 2. The van der Waals surface area contributed by atoms with E-state index in [1.807, 2.05) is 12.2 Å². The van der Waals surface area contributed by atoms with Gasteiger partial charge in [-0.05, 0) is 50.4 Å². The lowest BCUT2D eigenvalue weighted by Crippen LogP contribution is -2.29. The van der Waals surface area contributed by atoms with Crippen molar-refractivity contribution in [1.29, 1.82) is 0 Å². The number of amides is 1. The number of nitrogens with zero attached hydrogens (tertiary/aromatic N) is 1. The number of hydrogen-bond donors (Lipinski definition) is 5. The molecule has 0 aromatic carbocycles. The Hall–Kier alpha value is -1.36. The summed E-state index contributed by atoms with van der Waals surface area (Å²) in [5.41, 5.74) is 0. The number of allylic oxidation sites excluding steroid dienone is 2. The van der Waals surface area contributed by atoms with Gasteiger partial charge in [0.15, 0.2) is 0 Å². The molecule has 0 unspecified atom stereocenters. The van der Waals surface area contributed by atoms with Crippen LogP contribution in [0.15, 0.2) is 12.2 Å². The number of rotatable bonds is 19. The first-order chi connectivity index (χ1) is 15.8. The quantitative estimate of drug-likeness (QED) is 0.110. The second kappa shape index (κ2) is 18.0. The van der Waals surface area contributed by atoms with Crippen molar-refractivity contribution in [3.05, 3.63) is 12.2 Å². The van der Waals surface area contributed by atoms with Crippen LogP contribution < -0.4 is 5.32 Å². The van der Waals surface area contributed by atoms with Crippen LogP contribution in [-0.4, -0.2) is 63.1 Å². The summed E-state index contributed by atoms with van der Waals surface area (Å²) in [6.45, 7) is 2.31. The fourth-order valence-electron chi connectivity index (χ4n) is 4.44. The third kappa shape index (κ3) is 13.8. The van der Waals surface area contributed by atoms with Crippen molar-refractivity contribution in [2.24, 2.45) is 11.8 Å². The summed E-state index contributed by atoms with van der Waals surface area (Å²) in [6.07, 6.45) is 12.9. The third-order valence-electron chi connectivity index (χ3n) is 6.32. The van der Waals surface area contributed by atoms with Gasteiger partial charge in [-0.15, -0.1) is 0 Å². The van der Waals surface area contributed by atoms with E-state index in [0.29, 0.717) is 44.9 Å². The number of nitrogens with one attached hydrogen (secondary N) is 1. The van der Waals surface area contributed by atoms with Crippen LogP contribution in [0.1, 0.15) is 90.4 Å². The van der Waals surface area contributed by atoms with Gasteiger partial charge in [0, 0.05) is 25.8 Å². The van der Waals surface area contributed by atoms with E-state index < -0.39 is 17.6 Å². The molecule has 0 spiro atoms. The molecule has 0 bridgehead atoms. The van der Waals surface area contributed by atoms with Crippen LogP contribution >= 0.6 is 0 Å². The van der Waals surface area contributed by atoms with Crippen LogP contribution in [0.5, 0.6) is 0 Å². The number of hydrogen-bond acceptors (Lipinski definition) is 8. The van der Waals surface area contributed by atoms with Crippen molar-refractivity contribution in [2.75, 3.05) is 13.2 Å². The molecule has 9 nitrogen and oxygen atoms in total. The lowest BCUT2D eigenvalue weighted by molar-refractivity contribution is -0.491. The summed E-state index contributed by atoms with van der Waals surface area (Å²) in [4.78, 5) is 28.2. The van der Waals surface area contributed by atoms with Gasteiger partial charge >= 0.3 is 0 Å². The predicted octanol–water partition coefficient (Wildman–Crippen LogP) is 3.30. The summed E-state index contributed by atoms with van der Waals surface area (Å²) in [5.74, 6) is 0.00750. The van der Waals surface area contributed by atoms with Crippen molar-refractivity contribution in [1.82, 2.24) is 10.7 Å². The van der Waals surface area contributed by atoms with Crippen molar-refractivity contribution >= 4 is 11.7 Å². The Bertz CT molecular complexity index is 571. The first kappa shape index (κ1) is 29.7. The highest BCUT2D eigenvalue weighted by Crippen LogP contribution is 2.38. The monoisotopic (exact) mass is 472 g/mol. The number of ketones is 1. The van der Waals surface area contributed by atoms with Crippen molar-refractivity contribution in [3.8, 4) is 0 Å². The SMILES string of the molecule is CCCCCCCC(=O)CC[C@@H]1[C@@H](C/C=C\CCCC(=O)NCCON(O)O)[C@@H](O)C[C@H]1O. The Morgan fingerprint density at radius 2 is 1.70 bits per heavy atom. The highest BCUT2D eigenvalue weighted by Gasteiger charge is 2.40. The molecule has 1 aliphatic carbocycles. The largest absolute Gasteiger partial charge is 0.393 e. The van der Waals surface area contributed by atoms with Gasteiger partial charge in [-0.1, -0.05) is 44.8 Å². The molecule has 0 aliphatic heterocycles. The molecule has 0 saturated heterocycles. The fourth-order valence-corrected chi connectivity index (χ4v) is 4.44. The number of Topliss-reactive ketones (excluding diaryl/α,β-unsaturated/α-hetero) is 1. The first-order valence-corrected chi connectivity index (χ1v) is 12.5. The predicted molar refractivity (Wildman–Crippen MR) is 123 cm³/mol. The minimum Gasteiger partial charge on any atom is -0.393 e. The molecular weight excluding hydrogens is 428 g/mol. The third-order valence-corrected chi connectivity index (χ3v) is 6.32. The summed E-state index contributed by atoms with van der Waals surface area (Å²) in [5, 5.41) is 39.7. The van der Waals surface area contributed by atoms with E-state index in [4.69, 9.17) is 10.4 Å². The van der Waals surface area contributed by atoms with Gasteiger partial charge in [-0.2, -0.15) is 0 Å². The maximum Gasteiger partial charge on any atom is 0.220 e. The van der Waals surface area contributed by atoms with Gasteiger partial charge in [0.1, 0.15) is 5.78 Å². The van der Waals surface area contributed by atoms with E-state index in [0.717, 1.165) is 19.3 Å². The molecule has 1 aliphatic rings. The second-order valence-electron chi connectivity index (χ2n) is 8.97. The minimum absolute atomic E-state index is 0.0417. The molecule has 9 heteroatoms. The average Bonchev–Trinajstić information content (AvgIpc) is 3.04. The molecule has 192 valence electrons. The summed E-state index contributed by atoms with van der Waals surface area (Å²) < 4.78 is 0. The standard InChI is InChI=1S/C24H44N2O7/c1-2-3-4-5-8-11-19(27)14-15-21-20(22(28)18-23(21)29)12-9-6-7-10-13-24(30)25-16-17-33-26(31)32/h6,9,20-23,28-29,31-32H,2-5,7-8,10-18H2,1H3,(H,25,30)/b9-6-/t20-,21-,22+,23-/m1/s1. The first-order valence-electron chi connectivity index (χ1n) is 12.5. The number of carbonyl (C=O) groups is 2. The van der Waals surface area contributed by atoms with E-state index in [1.165, 1.54) is 19.3 Å². The van der Waals surface area contributed by atoms with Gasteiger partial charge in [0.25, 0.3) is 0 Å². The average molecular weight is 473 g/mol. The summed E-state index contributed by atoms with van der Waals surface area (Å²) in [7, 11) is 0. The minimum atomic E-state index is -0.563. The van der Waals surface area contributed by atoms with Crippen LogP contribution in [0.2, 0.25) is 0 Å². The normalized spacial score (nSPS) is 23.0.